The molecule has 19 heavy (non-hydrogen) atoms. The lowest BCUT2D eigenvalue weighted by molar-refractivity contribution is 0.608. The molecule has 5 heteroatoms. The lowest BCUT2D eigenvalue weighted by Gasteiger charge is -2.09. The lowest BCUT2D eigenvalue weighted by atomic mass is 10.1. The summed E-state index contributed by atoms with van der Waals surface area (Å²) in [5.74, 6) is -0.384. The minimum Gasteiger partial charge on any atom is -0.328 e. The van der Waals surface area contributed by atoms with Gasteiger partial charge in [0, 0.05) is 11.7 Å². The topological polar surface area (TPSA) is 43.8 Å². The summed E-state index contributed by atoms with van der Waals surface area (Å²) >= 11 is 6.08. The molecule has 2 N–H and O–H groups in total. The van der Waals surface area contributed by atoms with E-state index in [2.05, 4.69) is 5.10 Å². The molecule has 0 saturated heterocycles. The maximum Gasteiger partial charge on any atom is 0.150 e. The number of aromatic nitrogens is 2. The third kappa shape index (κ3) is 2.65. The van der Waals surface area contributed by atoms with E-state index in [9.17, 15) is 4.39 Å². The Balaban J connectivity index is 2.58. The minimum atomic E-state index is -0.384. The van der Waals surface area contributed by atoms with E-state index in [1.807, 2.05) is 20.8 Å². The van der Waals surface area contributed by atoms with Crippen LogP contribution < -0.4 is 5.73 Å². The molecule has 3 nitrogen and oxygen atoms in total. The predicted octanol–water partition coefficient (Wildman–Crippen LogP) is 3.17. The second-order valence-corrected chi connectivity index (χ2v) is 5.22. The molecule has 0 spiro atoms. The number of benzene rings is 1. The van der Waals surface area contributed by atoms with Gasteiger partial charge in [-0.3, -0.25) is 0 Å². The Kier molecular flexibility index (Phi) is 3.92. The van der Waals surface area contributed by atoms with Crippen molar-refractivity contribution in [3.05, 3.63) is 46.0 Å². The first kappa shape index (κ1) is 14.0. The highest BCUT2D eigenvalue weighted by Crippen LogP contribution is 2.26. The van der Waals surface area contributed by atoms with Crippen molar-refractivity contribution in [2.24, 2.45) is 5.73 Å². The smallest absolute Gasteiger partial charge is 0.150 e. The molecule has 0 aliphatic carbocycles. The lowest BCUT2D eigenvalue weighted by Crippen LogP contribution is -2.18. The average molecular weight is 282 g/mol. The molecule has 1 unspecified atom stereocenters. The zero-order valence-electron chi connectivity index (χ0n) is 11.2. The Hall–Kier alpha value is -1.39. The van der Waals surface area contributed by atoms with E-state index in [0.717, 1.165) is 17.0 Å². The van der Waals surface area contributed by atoms with Gasteiger partial charge in [-0.15, -0.1) is 0 Å². The van der Waals surface area contributed by atoms with Crippen LogP contribution in [0, 0.1) is 19.7 Å². The molecular formula is C14H17ClFN3. The van der Waals surface area contributed by atoms with Gasteiger partial charge in [0.15, 0.2) is 0 Å². The van der Waals surface area contributed by atoms with Gasteiger partial charge in [0.25, 0.3) is 0 Å². The molecule has 1 aromatic heterocycles. The van der Waals surface area contributed by atoms with Crippen LogP contribution in [0.3, 0.4) is 0 Å². The minimum absolute atomic E-state index is 0.0335. The quantitative estimate of drug-likeness (QED) is 0.939. The summed E-state index contributed by atoms with van der Waals surface area (Å²) in [4.78, 5) is 0. The van der Waals surface area contributed by atoms with Crippen LogP contribution in [0.15, 0.2) is 18.2 Å². The molecule has 0 fully saturated rings. The molecule has 0 saturated carbocycles. The molecule has 102 valence electrons. The number of rotatable bonds is 3. The first-order valence-electron chi connectivity index (χ1n) is 6.17. The fraction of sp³-hybridized carbons (Fsp3) is 0.357. The summed E-state index contributed by atoms with van der Waals surface area (Å²) in [6.07, 6.45) is 0.712. The summed E-state index contributed by atoms with van der Waals surface area (Å²) in [5.41, 5.74) is 8.91. The largest absolute Gasteiger partial charge is 0.328 e. The maximum atomic E-state index is 13.9. The van der Waals surface area contributed by atoms with E-state index in [1.54, 1.807) is 16.8 Å². The Morgan fingerprint density at radius 1 is 1.42 bits per heavy atom. The van der Waals surface area contributed by atoms with Gasteiger partial charge >= 0.3 is 0 Å². The van der Waals surface area contributed by atoms with Crippen LogP contribution in [-0.2, 0) is 6.42 Å². The number of hydrogen-bond acceptors (Lipinski definition) is 2. The first-order chi connectivity index (χ1) is 8.91. The highest BCUT2D eigenvalue weighted by molar-refractivity contribution is 6.32. The van der Waals surface area contributed by atoms with Crippen molar-refractivity contribution in [1.29, 1.82) is 0 Å². The molecule has 0 amide bonds. The first-order valence-corrected chi connectivity index (χ1v) is 6.54. The molecule has 1 heterocycles. The van der Waals surface area contributed by atoms with Crippen LogP contribution in [0.4, 0.5) is 4.39 Å². The van der Waals surface area contributed by atoms with Crippen molar-refractivity contribution >= 4 is 11.6 Å². The Labute approximate surface area is 117 Å². The number of hydrogen-bond donors (Lipinski definition) is 1. The number of nitrogens with zero attached hydrogens (tertiary/aromatic N) is 2. The van der Waals surface area contributed by atoms with Gasteiger partial charge in [-0.2, -0.15) is 5.10 Å². The summed E-state index contributed by atoms with van der Waals surface area (Å²) < 4.78 is 15.5. The standard InChI is InChI=1S/C14H17ClFN3/c1-8(17)7-11-9(2)18-19(10(11)3)14-12(15)5-4-6-13(14)16/h4-6,8H,7,17H2,1-3H3. The van der Waals surface area contributed by atoms with Crippen LogP contribution >= 0.6 is 11.6 Å². The van der Waals surface area contributed by atoms with Crippen molar-refractivity contribution < 1.29 is 4.39 Å². The second-order valence-electron chi connectivity index (χ2n) is 4.81. The summed E-state index contributed by atoms with van der Waals surface area (Å²) in [5, 5.41) is 4.74. The van der Waals surface area contributed by atoms with Gasteiger partial charge in [-0.25, -0.2) is 9.07 Å². The molecule has 0 aliphatic rings. The molecule has 2 rings (SSSR count). The fourth-order valence-electron chi connectivity index (χ4n) is 2.20. The third-order valence-electron chi connectivity index (χ3n) is 3.12. The molecule has 0 bridgehead atoms. The van der Waals surface area contributed by atoms with Crippen LogP contribution in [0.5, 0.6) is 0 Å². The summed E-state index contributed by atoms with van der Waals surface area (Å²) in [6.45, 7) is 5.74. The molecular weight excluding hydrogens is 265 g/mol. The highest BCUT2D eigenvalue weighted by Gasteiger charge is 2.18. The van der Waals surface area contributed by atoms with Gasteiger partial charge in [-0.1, -0.05) is 17.7 Å². The van der Waals surface area contributed by atoms with E-state index in [4.69, 9.17) is 17.3 Å². The van der Waals surface area contributed by atoms with Gasteiger partial charge < -0.3 is 5.73 Å². The number of halogens is 2. The Morgan fingerprint density at radius 3 is 2.68 bits per heavy atom. The number of aryl methyl sites for hydroxylation is 1. The highest BCUT2D eigenvalue weighted by atomic mass is 35.5. The van der Waals surface area contributed by atoms with Crippen molar-refractivity contribution in [2.75, 3.05) is 0 Å². The van der Waals surface area contributed by atoms with Crippen LogP contribution in [0.2, 0.25) is 5.02 Å². The van der Waals surface area contributed by atoms with E-state index in [-0.39, 0.29) is 11.9 Å². The molecule has 1 atom stereocenters. The fourth-order valence-corrected chi connectivity index (χ4v) is 2.44. The monoisotopic (exact) mass is 281 g/mol. The number of para-hydroxylation sites is 1. The zero-order chi connectivity index (χ0) is 14.2. The van der Waals surface area contributed by atoms with E-state index in [0.29, 0.717) is 17.1 Å². The van der Waals surface area contributed by atoms with Crippen LogP contribution in [0.25, 0.3) is 5.69 Å². The average Bonchev–Trinajstić information content (AvgIpc) is 2.57. The SMILES string of the molecule is Cc1nn(-c2c(F)cccc2Cl)c(C)c1CC(C)N. The summed E-state index contributed by atoms with van der Waals surface area (Å²) in [6, 6.07) is 4.64. The maximum absolute atomic E-state index is 13.9. The Morgan fingerprint density at radius 2 is 2.11 bits per heavy atom. The van der Waals surface area contributed by atoms with Crippen LogP contribution in [0.1, 0.15) is 23.9 Å². The number of nitrogens with two attached hydrogens (primary N) is 1. The zero-order valence-corrected chi connectivity index (χ0v) is 12.0. The van der Waals surface area contributed by atoms with Gasteiger partial charge in [0.1, 0.15) is 11.5 Å². The van der Waals surface area contributed by atoms with Crippen molar-refractivity contribution in [1.82, 2.24) is 9.78 Å². The summed E-state index contributed by atoms with van der Waals surface area (Å²) in [7, 11) is 0. The normalized spacial score (nSPS) is 12.7. The van der Waals surface area contributed by atoms with Crippen molar-refractivity contribution in [2.45, 2.75) is 33.2 Å². The van der Waals surface area contributed by atoms with E-state index < -0.39 is 0 Å². The molecule has 0 radical (unpaired) electrons. The second kappa shape index (κ2) is 5.31. The van der Waals surface area contributed by atoms with Gasteiger partial charge in [0.05, 0.1) is 10.7 Å². The third-order valence-corrected chi connectivity index (χ3v) is 3.42. The predicted molar refractivity (Wildman–Crippen MR) is 75.4 cm³/mol. The van der Waals surface area contributed by atoms with Gasteiger partial charge in [0.2, 0.25) is 0 Å². The Bertz CT molecular complexity index is 585. The van der Waals surface area contributed by atoms with E-state index >= 15 is 0 Å². The van der Waals surface area contributed by atoms with E-state index in [1.165, 1.54) is 6.07 Å². The molecule has 2 aromatic rings. The molecule has 1 aromatic carbocycles. The van der Waals surface area contributed by atoms with Crippen molar-refractivity contribution in [3.63, 3.8) is 0 Å². The molecule has 0 aliphatic heterocycles. The van der Waals surface area contributed by atoms with Crippen LogP contribution in [-0.4, -0.2) is 15.8 Å². The van der Waals surface area contributed by atoms with Gasteiger partial charge in [-0.05, 0) is 44.9 Å². The van der Waals surface area contributed by atoms with Crippen molar-refractivity contribution in [3.8, 4) is 5.69 Å².